The van der Waals surface area contributed by atoms with Crippen LogP contribution < -0.4 is 38.1 Å². The summed E-state index contributed by atoms with van der Waals surface area (Å²) in [4.78, 5) is 103. The standard InChI is InChI=1S/C49H60N12O7/c50-49(51)52-18-8-16-37-48(67)61-19-9-17-42(61)47(66)59-41(29-60-20-22-68-23-21-60)46(65)58-40(26-32-28-54-36-15-7-5-13-34(32)36)45(64)56-38(24-30-10-2-1-3-11-30)43(62)57-39(44(63)55-37)25-31-27-53-35-14-6-4-12-33(31)35/h1-7,10-15,27-28,37-42,53-54H,8-9,16-26,29H2,(H,55,63)(H,56,64)(H,57,62)(H,58,65)(H,59,66)(H4,50,51,52)/t37-,38+,39-,40-,41-,42+/m0/s1. The molecule has 19 nitrogen and oxygen atoms in total. The van der Waals surface area contributed by atoms with Crippen LogP contribution in [0, 0.1) is 0 Å². The zero-order chi connectivity index (χ0) is 47.6. The number of rotatable bonds is 12. The number of hydrogen-bond acceptors (Lipinski definition) is 9. The average Bonchev–Trinajstić information content (AvgIpc) is 4.11. The number of carbonyl (C=O) groups is 6. The first-order chi connectivity index (χ1) is 33.0. The van der Waals surface area contributed by atoms with Crippen molar-refractivity contribution in [3.05, 3.63) is 108 Å². The average molecular weight is 929 g/mol. The molecule has 3 aliphatic heterocycles. The molecule has 68 heavy (non-hydrogen) atoms. The van der Waals surface area contributed by atoms with Gasteiger partial charge in [0.05, 0.1) is 13.2 Å². The van der Waals surface area contributed by atoms with Gasteiger partial charge in [-0.15, -0.1) is 0 Å². The summed E-state index contributed by atoms with van der Waals surface area (Å²) in [6.45, 7) is 2.37. The summed E-state index contributed by atoms with van der Waals surface area (Å²) in [6, 6.07) is 17.3. The van der Waals surface area contributed by atoms with E-state index in [2.05, 4.69) is 41.5 Å². The lowest BCUT2D eigenvalue weighted by molar-refractivity contribution is -0.143. The van der Waals surface area contributed by atoms with Crippen LogP contribution in [0.5, 0.6) is 0 Å². The summed E-state index contributed by atoms with van der Waals surface area (Å²) in [5.41, 5.74) is 15.1. The van der Waals surface area contributed by atoms with Crippen molar-refractivity contribution in [2.45, 2.75) is 81.2 Å². The molecule has 358 valence electrons. The third-order valence-electron chi connectivity index (χ3n) is 13.0. The van der Waals surface area contributed by atoms with E-state index in [0.717, 1.165) is 38.5 Å². The minimum Gasteiger partial charge on any atom is -0.379 e. The molecule has 0 spiro atoms. The molecule has 3 aliphatic rings. The Kier molecular flexibility index (Phi) is 15.3. The van der Waals surface area contributed by atoms with Crippen LogP contribution >= 0.6 is 0 Å². The lowest BCUT2D eigenvalue weighted by Crippen LogP contribution is -2.63. The number of benzene rings is 3. The van der Waals surface area contributed by atoms with E-state index in [4.69, 9.17) is 16.2 Å². The van der Waals surface area contributed by atoms with Gasteiger partial charge in [0.2, 0.25) is 35.4 Å². The molecule has 0 unspecified atom stereocenters. The maximum absolute atomic E-state index is 14.9. The molecule has 0 radical (unpaired) electrons. The summed E-state index contributed by atoms with van der Waals surface area (Å²) in [5, 5.41) is 16.4. The second-order valence-electron chi connectivity index (χ2n) is 17.7. The van der Waals surface area contributed by atoms with Gasteiger partial charge in [-0.1, -0.05) is 66.7 Å². The molecule has 3 saturated heterocycles. The molecule has 11 N–H and O–H groups in total. The first-order valence-corrected chi connectivity index (χ1v) is 23.3. The number of H-pyrrole nitrogens is 2. The Bertz CT molecular complexity index is 2620. The van der Waals surface area contributed by atoms with Crippen molar-refractivity contribution >= 4 is 63.2 Å². The fourth-order valence-electron chi connectivity index (χ4n) is 9.38. The molecule has 3 aromatic carbocycles. The fraction of sp³-hybridized carbons (Fsp3) is 0.408. The number of nitrogens with two attached hydrogens (primary N) is 2. The molecule has 0 saturated carbocycles. The van der Waals surface area contributed by atoms with Crippen LogP contribution in [0.1, 0.15) is 42.4 Å². The smallest absolute Gasteiger partial charge is 0.245 e. The first-order valence-electron chi connectivity index (χ1n) is 23.3. The summed E-state index contributed by atoms with van der Waals surface area (Å²) >= 11 is 0. The Morgan fingerprint density at radius 2 is 1.12 bits per heavy atom. The number of amides is 6. The molecule has 2 aromatic heterocycles. The number of para-hydroxylation sites is 2. The fourth-order valence-corrected chi connectivity index (χ4v) is 9.38. The van der Waals surface area contributed by atoms with Crippen molar-refractivity contribution in [3.8, 4) is 0 Å². The van der Waals surface area contributed by atoms with Gasteiger partial charge in [-0.05, 0) is 54.5 Å². The lowest BCUT2D eigenvalue weighted by Gasteiger charge is -2.33. The van der Waals surface area contributed by atoms with Gasteiger partial charge >= 0.3 is 0 Å². The van der Waals surface area contributed by atoms with Crippen molar-refractivity contribution in [2.75, 3.05) is 45.9 Å². The van der Waals surface area contributed by atoms with E-state index < -0.39 is 71.7 Å². The highest BCUT2D eigenvalue weighted by atomic mass is 16.5. The van der Waals surface area contributed by atoms with Crippen molar-refractivity contribution in [1.29, 1.82) is 0 Å². The van der Waals surface area contributed by atoms with E-state index in [1.54, 1.807) is 12.4 Å². The molecule has 3 fully saturated rings. The normalized spacial score (nSPS) is 23.7. The molecule has 8 rings (SSSR count). The molecule has 0 aliphatic carbocycles. The largest absolute Gasteiger partial charge is 0.379 e. The van der Waals surface area contributed by atoms with E-state index in [1.807, 2.05) is 83.8 Å². The van der Waals surface area contributed by atoms with Crippen LogP contribution in [0.15, 0.2) is 96.2 Å². The molecule has 19 heteroatoms. The summed E-state index contributed by atoms with van der Waals surface area (Å²) in [7, 11) is 0. The Hall–Kier alpha value is -7.25. The van der Waals surface area contributed by atoms with E-state index >= 15 is 0 Å². The maximum Gasteiger partial charge on any atom is 0.245 e. The van der Waals surface area contributed by atoms with E-state index in [9.17, 15) is 28.8 Å². The number of aromatic amines is 2. The monoisotopic (exact) mass is 928 g/mol. The number of fused-ring (bicyclic) bond motifs is 3. The molecule has 6 amide bonds. The third-order valence-corrected chi connectivity index (χ3v) is 13.0. The Labute approximate surface area is 393 Å². The van der Waals surface area contributed by atoms with E-state index in [0.29, 0.717) is 45.6 Å². The van der Waals surface area contributed by atoms with Gasteiger partial charge in [-0.25, -0.2) is 0 Å². The van der Waals surface area contributed by atoms with Crippen molar-refractivity contribution in [2.24, 2.45) is 16.5 Å². The van der Waals surface area contributed by atoms with Crippen LogP contribution in [0.4, 0.5) is 0 Å². The van der Waals surface area contributed by atoms with Crippen LogP contribution in [-0.2, 0) is 52.8 Å². The van der Waals surface area contributed by atoms with Gasteiger partial charge in [0.25, 0.3) is 0 Å². The summed E-state index contributed by atoms with van der Waals surface area (Å²) in [5.74, 6) is -3.74. The SMILES string of the molecule is NC(N)=NCCC[C@@H]1NC(=O)[C@H](Cc2c[nH]c3ccccc23)NC(=O)[C@@H](Cc2ccccc2)NC(=O)[C@H](Cc2c[nH]c3ccccc23)NC(=O)[C@H](CN2CCOCC2)NC(=O)[C@H]2CCCN2C1=O. The zero-order valence-corrected chi connectivity index (χ0v) is 37.9. The van der Waals surface area contributed by atoms with Gasteiger partial charge in [0, 0.05) is 86.2 Å². The predicted molar refractivity (Wildman–Crippen MR) is 256 cm³/mol. The number of carbonyl (C=O) groups excluding carboxylic acids is 6. The van der Waals surface area contributed by atoms with Crippen molar-refractivity contribution in [1.82, 2.24) is 46.4 Å². The maximum atomic E-state index is 14.9. The highest BCUT2D eigenvalue weighted by molar-refractivity contribution is 5.99. The van der Waals surface area contributed by atoms with Gasteiger partial charge in [-0.2, -0.15) is 0 Å². The van der Waals surface area contributed by atoms with Crippen molar-refractivity contribution < 1.29 is 33.5 Å². The summed E-state index contributed by atoms with van der Waals surface area (Å²) < 4.78 is 5.57. The number of morpholine rings is 1. The minimum atomic E-state index is -1.25. The zero-order valence-electron chi connectivity index (χ0n) is 37.9. The Morgan fingerprint density at radius 3 is 1.71 bits per heavy atom. The molecule has 5 aromatic rings. The first kappa shape index (κ1) is 47.3. The van der Waals surface area contributed by atoms with E-state index in [-0.39, 0.29) is 51.3 Å². The second-order valence-corrected chi connectivity index (χ2v) is 17.7. The van der Waals surface area contributed by atoms with Crippen LogP contribution in [0.2, 0.25) is 0 Å². The second kappa shape index (κ2) is 22.0. The third kappa shape index (κ3) is 11.6. The quantitative estimate of drug-likeness (QED) is 0.0475. The minimum absolute atomic E-state index is 0.0149. The molecule has 0 bridgehead atoms. The lowest BCUT2D eigenvalue weighted by atomic mass is 10.00. The van der Waals surface area contributed by atoms with Crippen LogP contribution in [0.25, 0.3) is 21.8 Å². The number of nitrogens with one attached hydrogen (secondary N) is 7. The van der Waals surface area contributed by atoms with Gasteiger partial charge in [-0.3, -0.25) is 38.7 Å². The highest BCUT2D eigenvalue weighted by Crippen LogP contribution is 2.23. The van der Waals surface area contributed by atoms with E-state index in [1.165, 1.54) is 4.90 Å². The Morgan fingerprint density at radius 1 is 0.603 bits per heavy atom. The van der Waals surface area contributed by atoms with Gasteiger partial charge in [0.15, 0.2) is 5.96 Å². The van der Waals surface area contributed by atoms with Crippen LogP contribution in [-0.4, -0.2) is 143 Å². The van der Waals surface area contributed by atoms with Gasteiger partial charge in [0.1, 0.15) is 36.3 Å². The predicted octanol–water partition coefficient (Wildman–Crippen LogP) is 0.492. The van der Waals surface area contributed by atoms with Crippen LogP contribution in [0.3, 0.4) is 0 Å². The summed E-state index contributed by atoms with van der Waals surface area (Å²) in [6.07, 6.45) is 4.84. The number of nitrogens with zero attached hydrogens (tertiary/aromatic N) is 3. The van der Waals surface area contributed by atoms with Crippen molar-refractivity contribution in [3.63, 3.8) is 0 Å². The topological polar surface area (TPSA) is 274 Å². The number of ether oxygens (including phenoxy) is 1. The molecule has 6 atom stereocenters. The molecular formula is C49H60N12O7. The number of aromatic nitrogens is 2. The highest BCUT2D eigenvalue weighted by Gasteiger charge is 2.41. The number of aliphatic imine (C=N–C) groups is 1. The molecule has 5 heterocycles. The Balaban J connectivity index is 1.19. The number of guanidine groups is 1. The number of hydrogen-bond donors (Lipinski definition) is 9. The molecular weight excluding hydrogens is 869 g/mol. The van der Waals surface area contributed by atoms with Gasteiger partial charge < -0.3 is 57.7 Å².